The molecule has 2 unspecified atom stereocenters. The van der Waals surface area contributed by atoms with Gasteiger partial charge in [-0.25, -0.2) is 0 Å². The topological polar surface area (TPSA) is 46.5 Å². The van der Waals surface area contributed by atoms with E-state index in [1.54, 1.807) is 13.8 Å². The van der Waals surface area contributed by atoms with Crippen LogP contribution in [0.4, 0.5) is 0 Å². The van der Waals surface area contributed by atoms with Crippen LogP contribution in [-0.2, 0) is 9.09 Å². The van der Waals surface area contributed by atoms with E-state index < -0.39 is 7.60 Å². The molecule has 0 aliphatic carbocycles. The van der Waals surface area contributed by atoms with E-state index >= 15 is 0 Å². The fourth-order valence-corrected chi connectivity index (χ4v) is 2.11. The first kappa shape index (κ1) is 12.2. The largest absolute Gasteiger partial charge is 0.330 e. The Kier molecular flexibility index (Phi) is 5.81. The maximum atomic E-state index is 11.4. The maximum absolute atomic E-state index is 11.4. The highest BCUT2D eigenvalue weighted by Crippen LogP contribution is 2.48. The van der Waals surface area contributed by atoms with Crippen LogP contribution in [0.15, 0.2) is 0 Å². The molecule has 0 aliphatic heterocycles. The van der Waals surface area contributed by atoms with Gasteiger partial charge in [-0.2, -0.15) is 0 Å². The molecule has 1 N–H and O–H groups in total. The highest BCUT2D eigenvalue weighted by molar-refractivity contribution is 7.53. The van der Waals surface area contributed by atoms with Crippen molar-refractivity contribution in [2.75, 3.05) is 6.61 Å². The lowest BCUT2D eigenvalue weighted by atomic mass is 10.2. The molecule has 0 fully saturated rings. The van der Waals surface area contributed by atoms with E-state index in [0.717, 1.165) is 19.3 Å². The Morgan fingerprint density at radius 1 is 1.50 bits per heavy atom. The van der Waals surface area contributed by atoms with E-state index in [1.807, 2.05) is 0 Å². The normalized spacial score (nSPS) is 18.7. The van der Waals surface area contributed by atoms with Crippen LogP contribution in [0.3, 0.4) is 0 Å². The lowest BCUT2D eigenvalue weighted by molar-refractivity contribution is 0.263. The minimum absolute atomic E-state index is 0.225. The van der Waals surface area contributed by atoms with Gasteiger partial charge in [-0.1, -0.05) is 26.7 Å². The predicted molar refractivity (Wildman–Crippen MR) is 50.4 cm³/mol. The van der Waals surface area contributed by atoms with Gasteiger partial charge in [0.05, 0.1) is 12.3 Å². The van der Waals surface area contributed by atoms with Crippen molar-refractivity contribution in [3.05, 3.63) is 0 Å². The molecule has 0 heterocycles. The fourth-order valence-electron chi connectivity index (χ4n) is 0.975. The predicted octanol–water partition coefficient (Wildman–Crippen LogP) is 2.79. The van der Waals surface area contributed by atoms with Crippen molar-refractivity contribution in [3.8, 4) is 0 Å². The molecular weight excluding hydrogens is 175 g/mol. The van der Waals surface area contributed by atoms with Crippen LogP contribution in [0.1, 0.15) is 40.0 Å². The van der Waals surface area contributed by atoms with Gasteiger partial charge in [0.1, 0.15) is 0 Å². The Morgan fingerprint density at radius 3 is 2.50 bits per heavy atom. The molecule has 0 aromatic carbocycles. The van der Waals surface area contributed by atoms with E-state index in [1.165, 1.54) is 0 Å². The summed E-state index contributed by atoms with van der Waals surface area (Å²) in [5.74, 6) is 0. The molecule has 0 aliphatic rings. The summed E-state index contributed by atoms with van der Waals surface area (Å²) in [5, 5.41) is 0. The van der Waals surface area contributed by atoms with Crippen LogP contribution in [-0.4, -0.2) is 17.2 Å². The summed E-state index contributed by atoms with van der Waals surface area (Å²) >= 11 is 0. The van der Waals surface area contributed by atoms with E-state index in [-0.39, 0.29) is 5.66 Å². The second kappa shape index (κ2) is 5.74. The second-order valence-corrected chi connectivity index (χ2v) is 5.24. The van der Waals surface area contributed by atoms with Crippen molar-refractivity contribution in [1.29, 1.82) is 0 Å². The molecule has 0 spiro atoms. The lowest BCUT2D eigenvalue weighted by Crippen LogP contribution is -2.05. The van der Waals surface area contributed by atoms with E-state index in [9.17, 15) is 9.46 Å². The van der Waals surface area contributed by atoms with Crippen LogP contribution >= 0.6 is 7.60 Å². The van der Waals surface area contributed by atoms with Gasteiger partial charge in [-0.3, -0.25) is 4.57 Å². The molecule has 0 aromatic rings. The molecule has 0 bridgehead atoms. The van der Waals surface area contributed by atoms with Crippen molar-refractivity contribution in [2.24, 2.45) is 0 Å². The molecule has 0 amide bonds. The Labute approximate surface area is 74.7 Å². The highest BCUT2D eigenvalue weighted by atomic mass is 31.2. The zero-order chi connectivity index (χ0) is 9.61. The molecule has 0 saturated carbocycles. The number of rotatable bonds is 6. The third kappa shape index (κ3) is 4.24. The molecule has 74 valence electrons. The summed E-state index contributed by atoms with van der Waals surface area (Å²) in [6, 6.07) is 0. The zero-order valence-electron chi connectivity index (χ0n) is 8.12. The smallest absolute Gasteiger partial charge is 0.324 e. The van der Waals surface area contributed by atoms with Gasteiger partial charge in [0.25, 0.3) is 0 Å². The molecule has 0 radical (unpaired) electrons. The van der Waals surface area contributed by atoms with Gasteiger partial charge in [-0.05, 0) is 13.3 Å². The summed E-state index contributed by atoms with van der Waals surface area (Å²) in [6.07, 6.45) is 2.81. The van der Waals surface area contributed by atoms with Crippen molar-refractivity contribution >= 4 is 7.60 Å². The van der Waals surface area contributed by atoms with Crippen molar-refractivity contribution in [2.45, 2.75) is 45.7 Å². The standard InChI is InChI=1S/C8H19O3P/c1-4-6-7-8(3)12(9,10)11-5-2/h8H,4-7H2,1-3H3,(H,9,10). The first-order valence-corrected chi connectivity index (χ1v) is 6.16. The van der Waals surface area contributed by atoms with Crippen molar-refractivity contribution in [1.82, 2.24) is 0 Å². The van der Waals surface area contributed by atoms with Crippen LogP contribution in [0.25, 0.3) is 0 Å². The van der Waals surface area contributed by atoms with Crippen LogP contribution in [0.5, 0.6) is 0 Å². The number of unbranched alkanes of at least 4 members (excludes halogenated alkanes) is 1. The van der Waals surface area contributed by atoms with Crippen LogP contribution in [0.2, 0.25) is 0 Å². The van der Waals surface area contributed by atoms with E-state index in [0.29, 0.717) is 6.61 Å². The first-order valence-electron chi connectivity index (χ1n) is 4.51. The van der Waals surface area contributed by atoms with Crippen LogP contribution < -0.4 is 0 Å². The van der Waals surface area contributed by atoms with E-state index in [2.05, 4.69) is 6.92 Å². The first-order chi connectivity index (χ1) is 5.54. The summed E-state index contributed by atoms with van der Waals surface area (Å²) in [4.78, 5) is 9.34. The van der Waals surface area contributed by atoms with Gasteiger partial charge in [0, 0.05) is 0 Å². The third-order valence-corrected chi connectivity index (χ3v) is 3.85. The van der Waals surface area contributed by atoms with Crippen molar-refractivity contribution < 1.29 is 14.0 Å². The van der Waals surface area contributed by atoms with E-state index in [4.69, 9.17) is 4.52 Å². The van der Waals surface area contributed by atoms with Gasteiger partial charge in [0.15, 0.2) is 0 Å². The van der Waals surface area contributed by atoms with Crippen molar-refractivity contribution in [3.63, 3.8) is 0 Å². The van der Waals surface area contributed by atoms with Gasteiger partial charge < -0.3 is 9.42 Å². The quantitative estimate of drug-likeness (QED) is 0.661. The second-order valence-electron chi connectivity index (χ2n) is 2.97. The zero-order valence-corrected chi connectivity index (χ0v) is 9.01. The molecule has 0 rings (SSSR count). The Morgan fingerprint density at radius 2 is 2.08 bits per heavy atom. The Balaban J connectivity index is 3.88. The Hall–Kier alpha value is 0.150. The minimum Gasteiger partial charge on any atom is -0.324 e. The molecule has 12 heavy (non-hydrogen) atoms. The lowest BCUT2D eigenvalue weighted by Gasteiger charge is -2.17. The summed E-state index contributed by atoms with van der Waals surface area (Å²) in [5.41, 5.74) is -0.225. The molecular formula is C8H19O3P. The van der Waals surface area contributed by atoms with Crippen LogP contribution in [0, 0.1) is 0 Å². The molecule has 0 saturated heterocycles. The summed E-state index contributed by atoms with van der Waals surface area (Å²) in [7, 11) is -3.31. The molecule has 4 heteroatoms. The minimum atomic E-state index is -3.31. The Bertz CT molecular complexity index is 158. The molecule has 3 nitrogen and oxygen atoms in total. The summed E-state index contributed by atoms with van der Waals surface area (Å²) < 4.78 is 16.2. The monoisotopic (exact) mass is 194 g/mol. The maximum Gasteiger partial charge on any atom is 0.330 e. The molecule has 0 aromatic heterocycles. The third-order valence-electron chi connectivity index (χ3n) is 1.85. The van der Waals surface area contributed by atoms with Gasteiger partial charge in [0.2, 0.25) is 0 Å². The SMILES string of the molecule is CCCCC(C)P(=O)(O)OCC. The average molecular weight is 194 g/mol. The number of hydrogen-bond donors (Lipinski definition) is 1. The molecule has 2 atom stereocenters. The highest BCUT2D eigenvalue weighted by Gasteiger charge is 2.26. The fraction of sp³-hybridized carbons (Fsp3) is 1.00. The summed E-state index contributed by atoms with van der Waals surface area (Å²) in [6.45, 7) is 5.88. The average Bonchev–Trinajstić information content (AvgIpc) is 2.00. The van der Waals surface area contributed by atoms with Gasteiger partial charge >= 0.3 is 7.60 Å². The number of hydrogen-bond acceptors (Lipinski definition) is 2. The van der Waals surface area contributed by atoms with Gasteiger partial charge in [-0.15, -0.1) is 0 Å².